The molecule has 2 heterocycles. The van der Waals surface area contributed by atoms with E-state index in [1.54, 1.807) is 95.3 Å². The van der Waals surface area contributed by atoms with Gasteiger partial charge in [0.1, 0.15) is 23.7 Å². The van der Waals surface area contributed by atoms with Gasteiger partial charge in [-0.1, -0.05) is 88.4 Å². The first kappa shape index (κ1) is 29.3. The molecule has 0 radical (unpaired) electrons. The second-order valence-electron chi connectivity index (χ2n) is 14.1. The summed E-state index contributed by atoms with van der Waals surface area (Å²) in [6.07, 6.45) is 0.121. The molecule has 2 aromatic carbocycles. The van der Waals surface area contributed by atoms with E-state index in [0.717, 1.165) is 5.56 Å². The number of hydrogen-bond donors (Lipinski definition) is 4. The highest BCUT2D eigenvalue weighted by molar-refractivity contribution is 5.98. The van der Waals surface area contributed by atoms with Gasteiger partial charge in [0.2, 0.25) is 23.6 Å². The van der Waals surface area contributed by atoms with Crippen molar-refractivity contribution in [1.29, 1.82) is 0 Å². The number of rotatable bonds is 20. The van der Waals surface area contributed by atoms with Crippen molar-refractivity contribution in [3.63, 3.8) is 0 Å². The zero-order valence-corrected chi connectivity index (χ0v) is 30.4. The largest absolute Gasteiger partial charge is 0.379 e. The Kier molecular flexibility index (Phi) is 11.1. The van der Waals surface area contributed by atoms with Crippen molar-refractivity contribution in [3.8, 4) is 0 Å². The van der Waals surface area contributed by atoms with Gasteiger partial charge in [-0.15, -0.1) is 0 Å². The summed E-state index contributed by atoms with van der Waals surface area (Å²) in [6.45, 7) is -5.89. The summed E-state index contributed by atoms with van der Waals surface area (Å²) < 4.78 is 84.0. The maximum absolute atomic E-state index is 14.2. The Labute approximate surface area is 320 Å². The van der Waals surface area contributed by atoms with Crippen LogP contribution < -0.4 is 21.3 Å². The number of ketones is 1. The van der Waals surface area contributed by atoms with Crippen LogP contribution in [0, 0.1) is 11.8 Å². The molecule has 2 fully saturated rings. The first-order valence-electron chi connectivity index (χ1n) is 22.1. The zero-order chi connectivity index (χ0) is 45.8. The standard InChI is InChI=1S/C40H57N5O7/c1-27(2)22-32(36(47)40(5)26-52-40)42-39(50)34(24-30-14-10-7-11-15-30)44-38(49)33(23-28(3)4)43-37(48)31(17-16-29-12-8-6-9-13-29)41-35(46)25-45-18-20-51-21-19-45/h6-15,27-28,31-34H,16-26H2,1-5H3,(H,41,46)(H,42,50)(H,43,48)(H,44,49)/t31-,32+,33-,34-,40+/m0/s1/i18D2,19D2,20D2,21D2,32D. The van der Waals surface area contributed by atoms with Gasteiger partial charge in [0.15, 0.2) is 5.78 Å². The van der Waals surface area contributed by atoms with Crippen molar-refractivity contribution in [2.75, 3.05) is 39.3 Å². The third kappa shape index (κ3) is 13.1. The molecule has 4 amide bonds. The van der Waals surface area contributed by atoms with Crippen LogP contribution in [0.2, 0.25) is 0 Å². The minimum atomic E-state index is -3.39. The number of hydrogen-bond acceptors (Lipinski definition) is 8. The van der Waals surface area contributed by atoms with Gasteiger partial charge in [0, 0.05) is 24.9 Å². The van der Waals surface area contributed by atoms with Crippen LogP contribution in [-0.2, 0) is 46.3 Å². The van der Waals surface area contributed by atoms with Crippen molar-refractivity contribution in [3.05, 3.63) is 71.8 Å². The number of amides is 4. The summed E-state index contributed by atoms with van der Waals surface area (Å²) in [5.74, 6) is -4.62. The van der Waals surface area contributed by atoms with Crippen LogP contribution in [0.5, 0.6) is 0 Å². The molecule has 5 atom stereocenters. The minimum absolute atomic E-state index is 0.0362. The number of epoxide rings is 1. The van der Waals surface area contributed by atoms with Crippen LogP contribution in [0.3, 0.4) is 0 Å². The average molecular weight is 729 g/mol. The number of nitrogens with zero attached hydrogens (tertiary/aromatic N) is 1. The molecule has 52 heavy (non-hydrogen) atoms. The Morgan fingerprint density at radius 1 is 0.769 bits per heavy atom. The average Bonchev–Trinajstić information content (AvgIpc) is 3.91. The van der Waals surface area contributed by atoms with Gasteiger partial charge < -0.3 is 30.7 Å². The third-order valence-electron chi connectivity index (χ3n) is 8.46. The van der Waals surface area contributed by atoms with E-state index < -0.39 is 91.8 Å². The lowest BCUT2D eigenvalue weighted by Gasteiger charge is -2.29. The number of nitrogens with one attached hydrogen (secondary N) is 4. The van der Waals surface area contributed by atoms with Crippen molar-refractivity contribution >= 4 is 29.4 Å². The second-order valence-corrected chi connectivity index (χ2v) is 14.1. The summed E-state index contributed by atoms with van der Waals surface area (Å²) >= 11 is 0. The molecule has 0 bridgehead atoms. The SMILES string of the molecule is [2H]C1([2H])OC([2H])([2H])C([2H])([2H])N(CC(=O)N[C@@H](CCc2ccccc2)C(=O)N[C@@H](CC(C)C)C(=O)N[C@@H](Cc2ccccc2)C(=O)N[C@]([2H])(CC(C)C)C(=O)[C@@]2(C)CO2)C1([2H])[2H]. The topological polar surface area (TPSA) is 158 Å². The molecular formula is C40H57N5O7. The third-order valence-corrected chi connectivity index (χ3v) is 8.46. The number of ether oxygens (including phenoxy) is 2. The smallest absolute Gasteiger partial charge is 0.243 e. The fourth-order valence-electron chi connectivity index (χ4n) is 5.61. The molecule has 2 aromatic rings. The molecule has 4 N–H and O–H groups in total. The van der Waals surface area contributed by atoms with Crippen LogP contribution in [-0.4, -0.2) is 103 Å². The van der Waals surface area contributed by atoms with Gasteiger partial charge in [0.05, 0.1) is 39.1 Å². The van der Waals surface area contributed by atoms with E-state index in [2.05, 4.69) is 26.0 Å². The van der Waals surface area contributed by atoms with Crippen molar-refractivity contribution < 1.29 is 45.8 Å². The molecule has 2 aliphatic heterocycles. The normalized spacial score (nSPS) is 26.6. The highest BCUT2D eigenvalue weighted by atomic mass is 16.6. The Balaban J connectivity index is 1.61. The molecular weight excluding hydrogens is 662 g/mol. The molecule has 12 nitrogen and oxygen atoms in total. The number of morpholine rings is 1. The maximum atomic E-state index is 14.2. The van der Waals surface area contributed by atoms with E-state index in [9.17, 15) is 24.0 Å². The fourth-order valence-corrected chi connectivity index (χ4v) is 5.61. The maximum Gasteiger partial charge on any atom is 0.243 e. The Morgan fingerprint density at radius 3 is 1.88 bits per heavy atom. The minimum Gasteiger partial charge on any atom is -0.379 e. The Hall–Kier alpha value is -4.13. The second kappa shape index (κ2) is 19.6. The van der Waals surface area contributed by atoms with Gasteiger partial charge in [-0.2, -0.15) is 0 Å². The molecule has 4 rings (SSSR count). The van der Waals surface area contributed by atoms with Crippen molar-refractivity contribution in [2.45, 2.75) is 96.5 Å². The Bertz CT molecular complexity index is 1860. The summed E-state index contributed by atoms with van der Waals surface area (Å²) in [4.78, 5) is 69.7. The molecule has 0 aromatic heterocycles. The molecule has 0 saturated carbocycles. The number of Topliss-reactive ketones (excluding diaryl/α,β-unsaturated/α-hetero) is 1. The molecule has 0 unspecified atom stereocenters. The summed E-state index contributed by atoms with van der Waals surface area (Å²) in [5, 5.41) is 10.4. The highest BCUT2D eigenvalue weighted by Gasteiger charge is 2.50. The lowest BCUT2D eigenvalue weighted by molar-refractivity contribution is -0.135. The van der Waals surface area contributed by atoms with Crippen LogP contribution in [0.15, 0.2) is 60.7 Å². The first-order valence-corrected chi connectivity index (χ1v) is 17.6. The molecule has 0 spiro atoms. The molecule has 12 heteroatoms. The summed E-state index contributed by atoms with van der Waals surface area (Å²) in [5.41, 5.74) is 0.184. The molecule has 284 valence electrons. The lowest BCUT2D eigenvalue weighted by atomic mass is 9.93. The van der Waals surface area contributed by atoms with Crippen LogP contribution >= 0.6 is 0 Å². The van der Waals surface area contributed by atoms with Crippen LogP contribution in [0.4, 0.5) is 0 Å². The van der Waals surface area contributed by atoms with Crippen molar-refractivity contribution in [1.82, 2.24) is 26.2 Å². The molecule has 2 aliphatic rings. The van der Waals surface area contributed by atoms with E-state index in [1.807, 2.05) is 0 Å². The predicted molar refractivity (Wildman–Crippen MR) is 198 cm³/mol. The van der Waals surface area contributed by atoms with Gasteiger partial charge >= 0.3 is 0 Å². The summed E-state index contributed by atoms with van der Waals surface area (Å²) in [6, 6.07) is 11.5. The van der Waals surface area contributed by atoms with E-state index in [0.29, 0.717) is 5.56 Å². The monoisotopic (exact) mass is 728 g/mol. The lowest BCUT2D eigenvalue weighted by Crippen LogP contribution is -2.59. The number of benzene rings is 2. The fraction of sp³-hybridized carbons (Fsp3) is 0.575. The molecule has 2 saturated heterocycles. The van der Waals surface area contributed by atoms with E-state index in [1.165, 1.54) is 0 Å². The van der Waals surface area contributed by atoms with E-state index in [4.69, 9.17) is 17.1 Å². The van der Waals surface area contributed by atoms with E-state index >= 15 is 0 Å². The number of aryl methyl sites for hydroxylation is 1. The predicted octanol–water partition coefficient (Wildman–Crippen LogP) is 2.58. The first-order chi connectivity index (χ1) is 28.1. The number of carbonyl (C=O) groups excluding carboxylic acids is 5. The number of carbonyl (C=O) groups is 5. The highest BCUT2D eigenvalue weighted by Crippen LogP contribution is 2.29. The van der Waals surface area contributed by atoms with Crippen LogP contribution in [0.1, 0.15) is 77.3 Å². The van der Waals surface area contributed by atoms with Crippen molar-refractivity contribution in [2.24, 2.45) is 11.8 Å². The Morgan fingerprint density at radius 2 is 1.31 bits per heavy atom. The van der Waals surface area contributed by atoms with Gasteiger partial charge in [-0.05, 0) is 55.6 Å². The zero-order valence-electron chi connectivity index (χ0n) is 39.4. The van der Waals surface area contributed by atoms with Crippen LogP contribution in [0.25, 0.3) is 0 Å². The van der Waals surface area contributed by atoms with Gasteiger partial charge in [-0.25, -0.2) is 0 Å². The van der Waals surface area contributed by atoms with Gasteiger partial charge in [-0.3, -0.25) is 28.9 Å². The van der Waals surface area contributed by atoms with E-state index in [-0.39, 0.29) is 55.4 Å². The molecule has 0 aliphatic carbocycles. The quantitative estimate of drug-likeness (QED) is 0.152. The summed E-state index contributed by atoms with van der Waals surface area (Å²) in [7, 11) is 0. The van der Waals surface area contributed by atoms with Gasteiger partial charge in [0.25, 0.3) is 0 Å².